The van der Waals surface area contributed by atoms with E-state index in [2.05, 4.69) is 91.0 Å². The van der Waals surface area contributed by atoms with Crippen LogP contribution in [0.3, 0.4) is 0 Å². The Bertz CT molecular complexity index is 1730. The van der Waals surface area contributed by atoms with Gasteiger partial charge in [0.05, 0.1) is 11.2 Å². The Balaban J connectivity index is 1.23. The molecule has 5 aromatic rings. The number of aromatic nitrogens is 2. The van der Waals surface area contributed by atoms with Gasteiger partial charge in [-0.1, -0.05) is 78.9 Å². The predicted octanol–water partition coefficient (Wildman–Crippen LogP) is 8.81. The van der Waals surface area contributed by atoms with Gasteiger partial charge in [0.1, 0.15) is 11.5 Å². The molecule has 39 heavy (non-hydrogen) atoms. The first-order valence-corrected chi connectivity index (χ1v) is 14.5. The van der Waals surface area contributed by atoms with Crippen molar-refractivity contribution in [3.63, 3.8) is 0 Å². The Morgan fingerprint density at radius 3 is 2.10 bits per heavy atom. The Labute approximate surface area is 228 Å². The summed E-state index contributed by atoms with van der Waals surface area (Å²) >= 11 is 0. The third kappa shape index (κ3) is 3.05. The number of fused-ring (bicyclic) bond motifs is 3. The summed E-state index contributed by atoms with van der Waals surface area (Å²) in [6, 6.07) is 34.5. The lowest BCUT2D eigenvalue weighted by molar-refractivity contribution is -0.0452. The molecule has 1 spiro atoms. The quantitative estimate of drug-likeness (QED) is 0.240. The SMILES string of the molecule is c1ccc(-c2nc(-c3ccc4c(c3)Oc3ccccc3C43C4CC5CC(C4)CC3C5)nc3ccccc23)cc1. The van der Waals surface area contributed by atoms with Crippen molar-refractivity contribution in [3.05, 3.63) is 108 Å². The molecule has 0 saturated heterocycles. The molecule has 3 nitrogen and oxygen atoms in total. The van der Waals surface area contributed by atoms with E-state index in [1.54, 1.807) is 0 Å². The van der Waals surface area contributed by atoms with E-state index in [9.17, 15) is 0 Å². The Morgan fingerprint density at radius 2 is 1.28 bits per heavy atom. The molecule has 1 aliphatic heterocycles. The molecule has 1 aromatic heterocycles. The van der Waals surface area contributed by atoms with Crippen molar-refractivity contribution < 1.29 is 4.74 Å². The molecule has 4 aliphatic carbocycles. The van der Waals surface area contributed by atoms with Gasteiger partial charge in [0, 0.05) is 33.1 Å². The molecule has 4 saturated carbocycles. The molecule has 0 atom stereocenters. The van der Waals surface area contributed by atoms with Gasteiger partial charge in [0.15, 0.2) is 5.82 Å². The van der Waals surface area contributed by atoms with Crippen LogP contribution in [0.25, 0.3) is 33.5 Å². The first-order chi connectivity index (χ1) is 19.3. The van der Waals surface area contributed by atoms with E-state index in [0.717, 1.165) is 56.9 Å². The zero-order chi connectivity index (χ0) is 25.6. The number of benzene rings is 4. The summed E-state index contributed by atoms with van der Waals surface area (Å²) < 4.78 is 6.72. The summed E-state index contributed by atoms with van der Waals surface area (Å²) in [6.07, 6.45) is 6.89. The second-order valence-corrected chi connectivity index (χ2v) is 12.3. The van der Waals surface area contributed by atoms with Crippen LogP contribution in [-0.4, -0.2) is 9.97 Å². The lowest BCUT2D eigenvalue weighted by Crippen LogP contribution is -2.56. The van der Waals surface area contributed by atoms with Crippen LogP contribution in [0.15, 0.2) is 97.1 Å². The first kappa shape index (κ1) is 21.9. The van der Waals surface area contributed by atoms with E-state index in [1.807, 2.05) is 6.07 Å². The summed E-state index contributed by atoms with van der Waals surface area (Å²) in [5, 5.41) is 1.07. The average Bonchev–Trinajstić information content (AvgIpc) is 2.98. The average molecular weight is 507 g/mol. The highest BCUT2D eigenvalue weighted by Gasteiger charge is 2.61. The van der Waals surface area contributed by atoms with Crippen LogP contribution in [0.5, 0.6) is 11.5 Å². The number of hydrogen-bond acceptors (Lipinski definition) is 3. The van der Waals surface area contributed by atoms with E-state index in [-0.39, 0.29) is 5.41 Å². The predicted molar refractivity (Wildman–Crippen MR) is 155 cm³/mol. The molecule has 4 aromatic carbocycles. The monoisotopic (exact) mass is 506 g/mol. The standard InChI is InChI=1S/C36H30N2O/c1-2-8-24(9-3-1)34-28-10-4-6-12-31(28)37-35(38-34)25-14-15-30-33(21-25)39-32-13-7-5-11-29(32)36(30)26-17-22-16-23(19-26)20-27(36)18-22/h1-15,21-23,26-27H,16-20H2. The molecule has 4 fully saturated rings. The second-order valence-electron chi connectivity index (χ2n) is 12.3. The number of nitrogens with zero attached hydrogens (tertiary/aromatic N) is 2. The van der Waals surface area contributed by atoms with Gasteiger partial charge < -0.3 is 4.74 Å². The summed E-state index contributed by atoms with van der Waals surface area (Å²) in [6.45, 7) is 0. The number of ether oxygens (including phenoxy) is 1. The minimum Gasteiger partial charge on any atom is -0.457 e. The van der Waals surface area contributed by atoms with Gasteiger partial charge in [-0.15, -0.1) is 0 Å². The van der Waals surface area contributed by atoms with Crippen molar-refractivity contribution in [2.75, 3.05) is 0 Å². The van der Waals surface area contributed by atoms with Crippen LogP contribution in [0.1, 0.15) is 43.2 Å². The second kappa shape index (κ2) is 8.02. The molecule has 0 radical (unpaired) electrons. The van der Waals surface area contributed by atoms with Gasteiger partial charge in [-0.25, -0.2) is 9.97 Å². The number of rotatable bonds is 2. The molecule has 0 unspecified atom stereocenters. The van der Waals surface area contributed by atoms with Gasteiger partial charge in [-0.05, 0) is 74.0 Å². The fourth-order valence-electron chi connectivity index (χ4n) is 9.08. The number of para-hydroxylation sites is 2. The summed E-state index contributed by atoms with van der Waals surface area (Å²) in [7, 11) is 0. The smallest absolute Gasteiger partial charge is 0.160 e. The minimum absolute atomic E-state index is 0.0650. The largest absolute Gasteiger partial charge is 0.457 e. The Morgan fingerprint density at radius 1 is 0.590 bits per heavy atom. The van der Waals surface area contributed by atoms with E-state index in [0.29, 0.717) is 11.8 Å². The molecule has 4 bridgehead atoms. The highest BCUT2D eigenvalue weighted by molar-refractivity contribution is 5.93. The molecular formula is C36H30N2O. The fraction of sp³-hybridized carbons (Fsp3) is 0.278. The lowest BCUT2D eigenvalue weighted by Gasteiger charge is -2.63. The summed E-state index contributed by atoms with van der Waals surface area (Å²) in [4.78, 5) is 10.2. The third-order valence-corrected chi connectivity index (χ3v) is 10.3. The molecule has 2 heterocycles. The maximum atomic E-state index is 6.72. The third-order valence-electron chi connectivity index (χ3n) is 10.3. The summed E-state index contributed by atoms with van der Waals surface area (Å²) in [5.41, 5.74) is 6.93. The Hall–Kier alpha value is -3.98. The molecule has 190 valence electrons. The normalized spacial score (nSPS) is 27.8. The van der Waals surface area contributed by atoms with Crippen molar-refractivity contribution in [1.82, 2.24) is 9.97 Å². The first-order valence-electron chi connectivity index (χ1n) is 14.5. The van der Waals surface area contributed by atoms with Crippen LogP contribution < -0.4 is 4.74 Å². The van der Waals surface area contributed by atoms with Crippen LogP contribution in [-0.2, 0) is 5.41 Å². The van der Waals surface area contributed by atoms with Crippen LogP contribution >= 0.6 is 0 Å². The molecule has 0 N–H and O–H groups in total. The van der Waals surface area contributed by atoms with Crippen molar-refractivity contribution >= 4 is 10.9 Å². The van der Waals surface area contributed by atoms with Crippen molar-refractivity contribution in [3.8, 4) is 34.1 Å². The van der Waals surface area contributed by atoms with Gasteiger partial charge >= 0.3 is 0 Å². The molecule has 3 heteroatoms. The van der Waals surface area contributed by atoms with Crippen molar-refractivity contribution in [2.45, 2.75) is 37.5 Å². The van der Waals surface area contributed by atoms with Gasteiger partial charge in [0.25, 0.3) is 0 Å². The molecule has 5 aliphatic rings. The molecule has 10 rings (SSSR count). The van der Waals surface area contributed by atoms with E-state index in [1.165, 1.54) is 43.2 Å². The zero-order valence-electron chi connectivity index (χ0n) is 21.9. The van der Waals surface area contributed by atoms with Gasteiger partial charge in [0.2, 0.25) is 0 Å². The van der Waals surface area contributed by atoms with Crippen molar-refractivity contribution in [2.24, 2.45) is 23.7 Å². The van der Waals surface area contributed by atoms with Gasteiger partial charge in [-0.3, -0.25) is 0 Å². The van der Waals surface area contributed by atoms with Gasteiger partial charge in [-0.2, -0.15) is 0 Å². The number of hydrogen-bond donors (Lipinski definition) is 0. The van der Waals surface area contributed by atoms with Crippen LogP contribution in [0, 0.1) is 23.7 Å². The van der Waals surface area contributed by atoms with E-state index < -0.39 is 0 Å². The molecular weight excluding hydrogens is 476 g/mol. The van der Waals surface area contributed by atoms with E-state index in [4.69, 9.17) is 14.7 Å². The fourth-order valence-corrected chi connectivity index (χ4v) is 9.08. The maximum absolute atomic E-state index is 6.72. The highest BCUT2D eigenvalue weighted by Crippen LogP contribution is 2.68. The maximum Gasteiger partial charge on any atom is 0.160 e. The zero-order valence-corrected chi connectivity index (χ0v) is 21.9. The van der Waals surface area contributed by atoms with Crippen LogP contribution in [0.2, 0.25) is 0 Å². The Kier molecular flexibility index (Phi) is 4.50. The van der Waals surface area contributed by atoms with Crippen LogP contribution in [0.4, 0.5) is 0 Å². The molecule has 0 amide bonds. The minimum atomic E-state index is 0.0650. The summed E-state index contributed by atoms with van der Waals surface area (Å²) in [5.74, 6) is 6.01. The van der Waals surface area contributed by atoms with Crippen molar-refractivity contribution in [1.29, 1.82) is 0 Å². The highest BCUT2D eigenvalue weighted by atomic mass is 16.5. The topological polar surface area (TPSA) is 35.0 Å². The lowest BCUT2D eigenvalue weighted by atomic mass is 9.42. The van der Waals surface area contributed by atoms with E-state index >= 15 is 0 Å².